The zero-order valence-corrected chi connectivity index (χ0v) is 15.2. The number of halogens is 3. The molecule has 0 amide bonds. The summed E-state index contributed by atoms with van der Waals surface area (Å²) in [5.41, 5.74) is 0.642. The number of hydrogen-bond donors (Lipinski definition) is 0. The lowest BCUT2D eigenvalue weighted by atomic mass is 10.0. The van der Waals surface area contributed by atoms with E-state index in [4.69, 9.17) is 14.0 Å². The molecule has 4 aromatic rings. The predicted molar refractivity (Wildman–Crippen MR) is 95.3 cm³/mol. The lowest BCUT2D eigenvalue weighted by molar-refractivity contribution is -0.136. The van der Waals surface area contributed by atoms with Gasteiger partial charge in [0.15, 0.2) is 11.5 Å². The first-order valence-corrected chi connectivity index (χ1v) is 8.59. The van der Waals surface area contributed by atoms with Crippen molar-refractivity contribution in [2.45, 2.75) is 13.1 Å². The highest BCUT2D eigenvalue weighted by Gasteiger charge is 2.37. The smallest absolute Gasteiger partial charge is 0.417 e. The maximum atomic E-state index is 13.9. The second-order valence-corrected chi connectivity index (χ2v) is 6.60. The molecular formula is C19H13F3N4O3. The van der Waals surface area contributed by atoms with Crippen LogP contribution in [0.4, 0.5) is 13.2 Å². The van der Waals surface area contributed by atoms with Crippen LogP contribution in [0.15, 0.2) is 35.0 Å². The van der Waals surface area contributed by atoms with E-state index >= 15 is 0 Å². The van der Waals surface area contributed by atoms with Crippen LogP contribution in [0.25, 0.3) is 33.6 Å². The molecule has 0 fully saturated rings. The third-order valence-electron chi connectivity index (χ3n) is 4.91. The molecule has 0 spiro atoms. The van der Waals surface area contributed by atoms with Gasteiger partial charge >= 0.3 is 6.18 Å². The van der Waals surface area contributed by atoms with Crippen molar-refractivity contribution in [1.82, 2.24) is 19.9 Å². The molecular weight excluding hydrogens is 389 g/mol. The molecule has 0 bridgehead atoms. The van der Waals surface area contributed by atoms with Gasteiger partial charge in [0.2, 0.25) is 6.79 Å². The average molecular weight is 402 g/mol. The molecule has 0 radical (unpaired) electrons. The first-order valence-electron chi connectivity index (χ1n) is 8.59. The maximum Gasteiger partial charge on any atom is 0.417 e. The number of nitrogens with zero attached hydrogens (tertiary/aromatic N) is 4. The molecule has 5 rings (SSSR count). The van der Waals surface area contributed by atoms with Crippen molar-refractivity contribution in [3.8, 4) is 34.0 Å². The number of aromatic nitrogens is 4. The van der Waals surface area contributed by atoms with Crippen molar-refractivity contribution in [1.29, 1.82) is 0 Å². The first-order chi connectivity index (χ1) is 13.8. The van der Waals surface area contributed by atoms with Crippen LogP contribution in [0.1, 0.15) is 11.3 Å². The number of pyridine rings is 1. The van der Waals surface area contributed by atoms with Gasteiger partial charge in [-0.15, -0.1) is 0 Å². The Labute approximate surface area is 161 Å². The van der Waals surface area contributed by atoms with Crippen molar-refractivity contribution >= 4 is 11.1 Å². The fourth-order valence-electron chi connectivity index (χ4n) is 3.30. The largest absolute Gasteiger partial charge is 0.454 e. The van der Waals surface area contributed by atoms with Gasteiger partial charge in [-0.2, -0.15) is 18.3 Å². The standard InChI is InChI=1S/C19H13F3N4O3/c1-9-11(7-23-26(9)2)13-6-12(19(20,21)22)16-17(25-29-18(16)24-13)10-3-4-14-15(5-10)28-8-27-14/h3-7H,8H2,1-2H3. The fourth-order valence-corrected chi connectivity index (χ4v) is 3.30. The van der Waals surface area contributed by atoms with Crippen molar-refractivity contribution in [3.05, 3.63) is 41.7 Å². The highest BCUT2D eigenvalue weighted by atomic mass is 19.4. The van der Waals surface area contributed by atoms with E-state index in [0.717, 1.165) is 6.07 Å². The van der Waals surface area contributed by atoms with Gasteiger partial charge in [0, 0.05) is 23.9 Å². The minimum Gasteiger partial charge on any atom is -0.454 e. The van der Waals surface area contributed by atoms with Gasteiger partial charge in [0.05, 0.1) is 22.8 Å². The van der Waals surface area contributed by atoms with E-state index in [9.17, 15) is 13.2 Å². The third kappa shape index (κ3) is 2.71. The van der Waals surface area contributed by atoms with Crippen molar-refractivity contribution in [2.24, 2.45) is 7.05 Å². The molecule has 0 N–H and O–H groups in total. The van der Waals surface area contributed by atoms with Crippen LogP contribution in [0.5, 0.6) is 11.5 Å². The molecule has 1 aliphatic heterocycles. The molecule has 29 heavy (non-hydrogen) atoms. The zero-order chi connectivity index (χ0) is 20.3. The highest BCUT2D eigenvalue weighted by Crippen LogP contribution is 2.43. The summed E-state index contributed by atoms with van der Waals surface area (Å²) in [5.74, 6) is 0.952. The molecule has 7 nitrogen and oxygen atoms in total. The van der Waals surface area contributed by atoms with Crippen LogP contribution in [0.2, 0.25) is 0 Å². The summed E-state index contributed by atoms with van der Waals surface area (Å²) in [6.45, 7) is 1.81. The number of alkyl halides is 3. The molecule has 0 saturated heterocycles. The summed E-state index contributed by atoms with van der Waals surface area (Å²) in [5, 5.41) is 7.74. The van der Waals surface area contributed by atoms with Crippen LogP contribution in [0.3, 0.4) is 0 Å². The summed E-state index contributed by atoms with van der Waals surface area (Å²) in [6.07, 6.45) is -3.17. The molecule has 10 heteroatoms. The lowest BCUT2D eigenvalue weighted by Crippen LogP contribution is -2.07. The second kappa shape index (κ2) is 5.97. The molecule has 0 unspecified atom stereocenters. The number of benzene rings is 1. The molecule has 0 aliphatic carbocycles. The number of ether oxygens (including phenoxy) is 2. The Kier molecular flexibility index (Phi) is 3.61. The van der Waals surface area contributed by atoms with E-state index in [2.05, 4.69) is 15.2 Å². The van der Waals surface area contributed by atoms with Gasteiger partial charge in [0.1, 0.15) is 5.69 Å². The summed E-state index contributed by atoms with van der Waals surface area (Å²) < 4.78 is 59.2. The first kappa shape index (κ1) is 17.5. The van der Waals surface area contributed by atoms with Gasteiger partial charge in [-0.3, -0.25) is 4.68 Å². The summed E-state index contributed by atoms with van der Waals surface area (Å²) >= 11 is 0. The van der Waals surface area contributed by atoms with E-state index < -0.39 is 11.7 Å². The third-order valence-corrected chi connectivity index (χ3v) is 4.91. The van der Waals surface area contributed by atoms with Crippen LogP contribution in [0, 0.1) is 6.92 Å². The molecule has 1 aliphatic rings. The Balaban J connectivity index is 1.75. The van der Waals surface area contributed by atoms with Crippen molar-refractivity contribution in [2.75, 3.05) is 6.79 Å². The van der Waals surface area contributed by atoms with Crippen LogP contribution < -0.4 is 9.47 Å². The summed E-state index contributed by atoms with van der Waals surface area (Å²) in [4.78, 5) is 4.27. The summed E-state index contributed by atoms with van der Waals surface area (Å²) in [6, 6.07) is 5.79. The monoisotopic (exact) mass is 402 g/mol. The highest BCUT2D eigenvalue weighted by molar-refractivity contribution is 5.94. The predicted octanol–water partition coefficient (Wildman–Crippen LogP) is 4.35. The molecule has 0 atom stereocenters. The van der Waals surface area contributed by atoms with Gasteiger partial charge < -0.3 is 14.0 Å². The Morgan fingerprint density at radius 3 is 2.62 bits per heavy atom. The summed E-state index contributed by atoms with van der Waals surface area (Å²) in [7, 11) is 1.70. The van der Waals surface area contributed by atoms with E-state index in [0.29, 0.717) is 28.3 Å². The van der Waals surface area contributed by atoms with Crippen LogP contribution >= 0.6 is 0 Å². The molecule has 1 aromatic carbocycles. The van der Waals surface area contributed by atoms with Crippen LogP contribution in [-0.4, -0.2) is 26.7 Å². The number of aryl methyl sites for hydroxylation is 1. The SMILES string of the molecule is Cc1c(-c2cc(C(F)(F)F)c3c(-c4ccc5c(c4)OCO5)noc3n2)cnn1C. The minimum absolute atomic E-state index is 0.0348. The normalized spacial score (nSPS) is 13.4. The fraction of sp³-hybridized carbons (Fsp3) is 0.211. The Bertz CT molecular complexity index is 1260. The number of hydrogen-bond acceptors (Lipinski definition) is 6. The lowest BCUT2D eigenvalue weighted by Gasteiger charge is -2.10. The Morgan fingerprint density at radius 2 is 1.90 bits per heavy atom. The van der Waals surface area contributed by atoms with E-state index in [1.807, 2.05) is 0 Å². The molecule has 148 valence electrons. The number of rotatable bonds is 2. The molecule has 0 saturated carbocycles. The van der Waals surface area contributed by atoms with Gasteiger partial charge in [-0.1, -0.05) is 5.16 Å². The maximum absolute atomic E-state index is 13.9. The van der Waals surface area contributed by atoms with E-state index in [-0.39, 0.29) is 29.3 Å². The van der Waals surface area contributed by atoms with Gasteiger partial charge in [-0.05, 0) is 31.2 Å². The van der Waals surface area contributed by atoms with E-state index in [1.54, 1.807) is 36.9 Å². The topological polar surface area (TPSA) is 75.2 Å². The van der Waals surface area contributed by atoms with E-state index in [1.165, 1.54) is 6.20 Å². The Hall–Kier alpha value is -3.56. The second-order valence-electron chi connectivity index (χ2n) is 6.60. The van der Waals surface area contributed by atoms with Crippen LogP contribution in [-0.2, 0) is 13.2 Å². The quantitative estimate of drug-likeness (QED) is 0.496. The Morgan fingerprint density at radius 1 is 1.10 bits per heavy atom. The van der Waals surface area contributed by atoms with Gasteiger partial charge in [0.25, 0.3) is 5.71 Å². The zero-order valence-electron chi connectivity index (χ0n) is 15.2. The number of fused-ring (bicyclic) bond motifs is 2. The van der Waals surface area contributed by atoms with Gasteiger partial charge in [-0.25, -0.2) is 4.98 Å². The van der Waals surface area contributed by atoms with Crippen molar-refractivity contribution in [3.63, 3.8) is 0 Å². The minimum atomic E-state index is -4.64. The average Bonchev–Trinajstić information content (AvgIpc) is 3.39. The molecule has 3 aromatic heterocycles. The molecule has 4 heterocycles. The van der Waals surface area contributed by atoms with Crippen molar-refractivity contribution < 1.29 is 27.2 Å².